The lowest BCUT2D eigenvalue weighted by molar-refractivity contribution is -0.152. The number of nitrogens with zero attached hydrogens (tertiary/aromatic N) is 4. The molecule has 1 aliphatic carbocycles. The third kappa shape index (κ3) is 5.03. The van der Waals surface area contributed by atoms with Crippen molar-refractivity contribution in [1.82, 2.24) is 24.9 Å². The lowest BCUT2D eigenvalue weighted by Crippen LogP contribution is -2.65. The summed E-state index contributed by atoms with van der Waals surface area (Å²) in [4.78, 5) is 44.2. The van der Waals surface area contributed by atoms with Crippen LogP contribution in [0.3, 0.4) is 0 Å². The summed E-state index contributed by atoms with van der Waals surface area (Å²) in [6.45, 7) is 7.56. The molecular formula is C30H39N5O5. The summed E-state index contributed by atoms with van der Waals surface area (Å²) in [5.74, 6) is -0.403. The number of likely N-dealkylation sites (tertiary alicyclic amines) is 2. The van der Waals surface area contributed by atoms with Crippen LogP contribution in [0, 0.1) is 22.7 Å². The third-order valence-corrected chi connectivity index (χ3v) is 9.39. The number of carbonyl (C=O) groups excluding carboxylic acids is 3. The number of hydrogen-bond acceptors (Lipinski definition) is 6. The van der Waals surface area contributed by atoms with Gasteiger partial charge in [0.1, 0.15) is 6.10 Å². The molecule has 4 atom stereocenters. The molecule has 3 amide bonds. The Morgan fingerprint density at radius 3 is 2.52 bits per heavy atom. The Morgan fingerprint density at radius 1 is 1.10 bits per heavy atom. The highest BCUT2D eigenvalue weighted by atomic mass is 16.5. The summed E-state index contributed by atoms with van der Waals surface area (Å²) in [6.07, 6.45) is 4.74. The summed E-state index contributed by atoms with van der Waals surface area (Å²) < 4.78 is 12.8. The minimum absolute atomic E-state index is 0.0480. The molecule has 3 saturated heterocycles. The third-order valence-electron chi connectivity index (χ3n) is 9.39. The predicted molar refractivity (Wildman–Crippen MR) is 146 cm³/mol. The van der Waals surface area contributed by atoms with Crippen LogP contribution in [0.25, 0.3) is 0 Å². The van der Waals surface area contributed by atoms with Crippen molar-refractivity contribution in [3.8, 4) is 0 Å². The van der Waals surface area contributed by atoms with Crippen molar-refractivity contribution in [3.05, 3.63) is 53.9 Å². The van der Waals surface area contributed by atoms with Crippen LogP contribution >= 0.6 is 0 Å². The van der Waals surface area contributed by atoms with Crippen LogP contribution in [-0.4, -0.2) is 96.0 Å². The van der Waals surface area contributed by atoms with Crippen LogP contribution < -0.4 is 5.32 Å². The van der Waals surface area contributed by atoms with E-state index in [1.54, 1.807) is 29.1 Å². The normalized spacial score (nSPS) is 28.3. The molecule has 10 nitrogen and oxygen atoms in total. The largest absolute Gasteiger partial charge is 0.379 e. The van der Waals surface area contributed by atoms with Gasteiger partial charge in [-0.3, -0.25) is 19.1 Å². The van der Waals surface area contributed by atoms with Crippen molar-refractivity contribution >= 4 is 17.7 Å². The Hall–Kier alpha value is -3.24. The fraction of sp³-hybridized carbons (Fsp3) is 0.600. The van der Waals surface area contributed by atoms with Gasteiger partial charge in [-0.1, -0.05) is 44.2 Å². The fourth-order valence-corrected chi connectivity index (χ4v) is 6.69. The standard InChI is InChI=1S/C30H39N5O5/c1-29(2)11-22(29)28(38)34-18-30(19-34)17-33(15-23(30)26(36)32-24-9-10-40-16-25(24)39-3)27(37)21-12-31-35(14-21)13-20-7-5-4-6-8-20/h4-8,12,14,22-25H,9-11,13,15-19H2,1-3H3,(H,32,36)/t22-,23-,24-,25+/m1/s1. The number of ether oxygens (including phenoxy) is 2. The van der Waals surface area contributed by atoms with Crippen molar-refractivity contribution in [2.75, 3.05) is 46.5 Å². The number of benzene rings is 1. The molecule has 0 radical (unpaired) electrons. The highest BCUT2D eigenvalue weighted by Gasteiger charge is 2.62. The summed E-state index contributed by atoms with van der Waals surface area (Å²) in [6, 6.07) is 9.83. The molecule has 1 aromatic carbocycles. The number of hydrogen-bond donors (Lipinski definition) is 1. The molecule has 0 unspecified atom stereocenters. The first-order valence-corrected chi connectivity index (χ1v) is 14.2. The van der Waals surface area contributed by atoms with E-state index in [1.165, 1.54) is 0 Å². The van der Waals surface area contributed by atoms with Gasteiger partial charge in [0.2, 0.25) is 11.8 Å². The second kappa shape index (κ2) is 10.3. The molecule has 4 fully saturated rings. The lowest BCUT2D eigenvalue weighted by Gasteiger charge is -2.50. The van der Waals surface area contributed by atoms with Crippen LogP contribution in [-0.2, 0) is 25.6 Å². The Morgan fingerprint density at radius 2 is 1.82 bits per heavy atom. The zero-order valence-electron chi connectivity index (χ0n) is 23.5. The quantitative estimate of drug-likeness (QED) is 0.565. The highest BCUT2D eigenvalue weighted by molar-refractivity contribution is 5.95. The van der Waals surface area contributed by atoms with Gasteiger partial charge in [0, 0.05) is 57.4 Å². The number of carbonyl (C=O) groups is 3. The van der Waals surface area contributed by atoms with Crippen LogP contribution in [0.1, 0.15) is 42.6 Å². The molecule has 0 bridgehead atoms. The molecule has 40 heavy (non-hydrogen) atoms. The summed E-state index contributed by atoms with van der Waals surface area (Å²) in [5.41, 5.74) is 1.19. The Kier molecular flexibility index (Phi) is 6.94. The van der Waals surface area contributed by atoms with Crippen LogP contribution in [0.4, 0.5) is 0 Å². The summed E-state index contributed by atoms with van der Waals surface area (Å²) in [7, 11) is 1.63. The molecule has 4 heterocycles. The average molecular weight is 550 g/mol. The van der Waals surface area contributed by atoms with Crippen molar-refractivity contribution < 1.29 is 23.9 Å². The van der Waals surface area contributed by atoms with Crippen LogP contribution in [0.15, 0.2) is 42.7 Å². The van der Waals surface area contributed by atoms with E-state index in [4.69, 9.17) is 9.47 Å². The zero-order valence-corrected chi connectivity index (χ0v) is 23.5. The van der Waals surface area contributed by atoms with Crippen molar-refractivity contribution in [3.63, 3.8) is 0 Å². The van der Waals surface area contributed by atoms with Gasteiger partial charge in [-0.15, -0.1) is 0 Å². The summed E-state index contributed by atoms with van der Waals surface area (Å²) in [5, 5.41) is 7.62. The van der Waals surface area contributed by atoms with E-state index >= 15 is 0 Å². The number of methoxy groups -OCH3 is 1. The van der Waals surface area contributed by atoms with E-state index in [2.05, 4.69) is 24.3 Å². The molecule has 2 aromatic rings. The second-order valence-corrected chi connectivity index (χ2v) is 12.7. The Labute approximate surface area is 235 Å². The minimum Gasteiger partial charge on any atom is -0.379 e. The lowest BCUT2D eigenvalue weighted by atomic mass is 9.70. The minimum atomic E-state index is -0.456. The van der Waals surface area contributed by atoms with E-state index in [1.807, 2.05) is 35.2 Å². The molecule has 10 heteroatoms. The van der Waals surface area contributed by atoms with Gasteiger partial charge in [-0.2, -0.15) is 5.10 Å². The smallest absolute Gasteiger partial charge is 0.257 e. The van der Waals surface area contributed by atoms with Gasteiger partial charge in [-0.05, 0) is 23.8 Å². The Bertz CT molecular complexity index is 1270. The molecule has 214 valence electrons. The van der Waals surface area contributed by atoms with Gasteiger partial charge >= 0.3 is 0 Å². The molecule has 4 aliphatic rings. The monoisotopic (exact) mass is 549 g/mol. The van der Waals surface area contributed by atoms with Gasteiger partial charge in [0.05, 0.1) is 36.9 Å². The number of amides is 3. The van der Waals surface area contributed by atoms with Crippen molar-refractivity contribution in [1.29, 1.82) is 0 Å². The zero-order chi connectivity index (χ0) is 28.1. The molecule has 1 saturated carbocycles. The molecule has 6 rings (SSSR count). The molecule has 1 N–H and O–H groups in total. The fourth-order valence-electron chi connectivity index (χ4n) is 6.69. The molecule has 3 aliphatic heterocycles. The molecule has 1 spiro atoms. The van der Waals surface area contributed by atoms with Gasteiger partial charge in [0.25, 0.3) is 5.91 Å². The average Bonchev–Trinajstić information content (AvgIpc) is 3.26. The first kappa shape index (κ1) is 27.0. The van der Waals surface area contributed by atoms with E-state index in [0.717, 1.165) is 12.0 Å². The van der Waals surface area contributed by atoms with Crippen LogP contribution in [0.5, 0.6) is 0 Å². The molecule has 1 aromatic heterocycles. The Balaban J connectivity index is 1.17. The maximum absolute atomic E-state index is 13.8. The number of aromatic nitrogens is 2. The van der Waals surface area contributed by atoms with Crippen molar-refractivity contribution in [2.45, 2.75) is 45.4 Å². The van der Waals surface area contributed by atoms with E-state index in [0.29, 0.717) is 57.9 Å². The summed E-state index contributed by atoms with van der Waals surface area (Å²) >= 11 is 0. The second-order valence-electron chi connectivity index (χ2n) is 12.7. The topological polar surface area (TPSA) is 106 Å². The predicted octanol–water partition coefficient (Wildman–Crippen LogP) is 1.80. The maximum atomic E-state index is 13.8. The SMILES string of the molecule is CO[C@H]1COCC[C@H]1NC(=O)[C@H]1CN(C(=O)c2cnn(Cc3ccccc3)c2)CC12CN(C(=O)[C@H]1CC1(C)C)C2. The van der Waals surface area contributed by atoms with Crippen LogP contribution in [0.2, 0.25) is 0 Å². The van der Waals surface area contributed by atoms with E-state index < -0.39 is 11.3 Å². The number of nitrogens with one attached hydrogen (secondary N) is 1. The van der Waals surface area contributed by atoms with Gasteiger partial charge < -0.3 is 24.6 Å². The van der Waals surface area contributed by atoms with Crippen molar-refractivity contribution in [2.24, 2.45) is 22.7 Å². The van der Waals surface area contributed by atoms with E-state index in [9.17, 15) is 14.4 Å². The van der Waals surface area contributed by atoms with E-state index in [-0.39, 0.29) is 41.2 Å². The number of rotatable bonds is 7. The van der Waals surface area contributed by atoms with Gasteiger partial charge in [0.15, 0.2) is 0 Å². The first-order valence-electron chi connectivity index (χ1n) is 14.2. The first-order chi connectivity index (χ1) is 19.2. The highest BCUT2D eigenvalue weighted by Crippen LogP contribution is 2.54. The maximum Gasteiger partial charge on any atom is 0.257 e. The molecular weight excluding hydrogens is 510 g/mol. The van der Waals surface area contributed by atoms with Gasteiger partial charge in [-0.25, -0.2) is 0 Å².